The molecule has 21 heavy (non-hydrogen) atoms. The fraction of sp³-hybridized carbons (Fsp3) is 0.125. The summed E-state index contributed by atoms with van der Waals surface area (Å²) >= 11 is 1.57. The van der Waals surface area contributed by atoms with E-state index in [1.54, 1.807) is 17.8 Å². The number of aliphatic imine (C=N–C) groups is 1. The van der Waals surface area contributed by atoms with Gasteiger partial charge in [-0.1, -0.05) is 42.1 Å². The molecular weight excluding hydrogens is 282 g/mol. The molecule has 0 saturated carbocycles. The quantitative estimate of drug-likeness (QED) is 0.914. The number of anilines is 2. The van der Waals surface area contributed by atoms with Crippen molar-refractivity contribution in [2.75, 3.05) is 17.6 Å². The number of carbonyl (C=O) groups excluding carboxylic acids is 1. The van der Waals surface area contributed by atoms with Crippen LogP contribution < -0.4 is 10.6 Å². The smallest absolute Gasteiger partial charge is 0.259 e. The van der Waals surface area contributed by atoms with Gasteiger partial charge in [-0.25, -0.2) is 0 Å². The molecule has 0 radical (unpaired) electrons. The van der Waals surface area contributed by atoms with Crippen LogP contribution in [0.15, 0.2) is 59.6 Å². The van der Waals surface area contributed by atoms with Crippen molar-refractivity contribution in [3.63, 3.8) is 0 Å². The van der Waals surface area contributed by atoms with Crippen LogP contribution in [-0.4, -0.2) is 23.4 Å². The summed E-state index contributed by atoms with van der Waals surface area (Å²) in [5, 5.41) is 6.83. The van der Waals surface area contributed by atoms with Gasteiger partial charge in [-0.2, -0.15) is 0 Å². The van der Waals surface area contributed by atoms with E-state index < -0.39 is 0 Å². The maximum absolute atomic E-state index is 12.4. The molecule has 5 heteroatoms. The Kier molecular flexibility index (Phi) is 4.21. The first kappa shape index (κ1) is 13.7. The van der Waals surface area contributed by atoms with Crippen molar-refractivity contribution in [1.29, 1.82) is 0 Å². The van der Waals surface area contributed by atoms with Gasteiger partial charge in [0.05, 0.1) is 17.8 Å². The van der Waals surface area contributed by atoms with Crippen molar-refractivity contribution in [3.05, 3.63) is 60.2 Å². The van der Waals surface area contributed by atoms with Gasteiger partial charge in [0.2, 0.25) is 0 Å². The summed E-state index contributed by atoms with van der Waals surface area (Å²) < 4.78 is 0. The third-order valence-corrected chi connectivity index (χ3v) is 3.92. The Labute approximate surface area is 127 Å². The van der Waals surface area contributed by atoms with E-state index in [4.69, 9.17) is 0 Å². The molecule has 0 fully saturated rings. The lowest BCUT2D eigenvalue weighted by Gasteiger charge is -2.12. The number of hydrogen-bond donors (Lipinski definition) is 2. The average molecular weight is 297 g/mol. The van der Waals surface area contributed by atoms with E-state index in [1.807, 2.05) is 48.5 Å². The minimum absolute atomic E-state index is 0.137. The first-order valence-electron chi connectivity index (χ1n) is 6.72. The van der Waals surface area contributed by atoms with Gasteiger partial charge in [-0.05, 0) is 24.3 Å². The first-order valence-corrected chi connectivity index (χ1v) is 7.71. The number of hydrogen-bond acceptors (Lipinski definition) is 4. The predicted molar refractivity (Wildman–Crippen MR) is 88.4 cm³/mol. The summed E-state index contributed by atoms with van der Waals surface area (Å²) in [6, 6.07) is 17.3. The Hall–Kier alpha value is -2.27. The first-order chi connectivity index (χ1) is 10.3. The highest BCUT2D eigenvalue weighted by Crippen LogP contribution is 2.21. The number of amidine groups is 1. The molecule has 0 aromatic heterocycles. The topological polar surface area (TPSA) is 53.5 Å². The van der Waals surface area contributed by atoms with Gasteiger partial charge < -0.3 is 10.6 Å². The van der Waals surface area contributed by atoms with Gasteiger partial charge in [0.15, 0.2) is 5.17 Å². The van der Waals surface area contributed by atoms with Crippen molar-refractivity contribution in [1.82, 2.24) is 5.32 Å². The third kappa shape index (κ3) is 3.44. The molecule has 1 aliphatic rings. The summed E-state index contributed by atoms with van der Waals surface area (Å²) in [4.78, 5) is 16.6. The summed E-state index contributed by atoms with van der Waals surface area (Å²) in [7, 11) is 0. The number of amides is 1. The Morgan fingerprint density at radius 3 is 2.57 bits per heavy atom. The van der Waals surface area contributed by atoms with E-state index in [9.17, 15) is 4.79 Å². The van der Waals surface area contributed by atoms with Crippen molar-refractivity contribution in [2.24, 2.45) is 4.99 Å². The standard InChI is InChI=1S/C16H15N3OS/c20-15(19-16-17-10-11-21-16)13-8-4-5-9-14(13)18-12-6-2-1-3-7-12/h1-9,18H,10-11H2,(H,17,19,20). The van der Waals surface area contributed by atoms with E-state index in [0.717, 1.165) is 23.7 Å². The Bertz CT molecular complexity index is 670. The molecule has 1 aliphatic heterocycles. The van der Waals surface area contributed by atoms with Gasteiger partial charge in [-0.3, -0.25) is 9.79 Å². The molecule has 106 valence electrons. The number of benzene rings is 2. The largest absolute Gasteiger partial charge is 0.355 e. The zero-order valence-corrected chi connectivity index (χ0v) is 12.2. The van der Waals surface area contributed by atoms with Crippen LogP contribution >= 0.6 is 11.8 Å². The maximum atomic E-state index is 12.4. The Morgan fingerprint density at radius 1 is 1.05 bits per heavy atom. The number of carbonyl (C=O) groups is 1. The lowest BCUT2D eigenvalue weighted by Crippen LogP contribution is -2.27. The zero-order valence-electron chi connectivity index (χ0n) is 11.4. The molecule has 0 bridgehead atoms. The molecule has 4 nitrogen and oxygen atoms in total. The normalized spacial score (nSPS) is 13.6. The molecule has 0 saturated heterocycles. The average Bonchev–Trinajstić information content (AvgIpc) is 3.02. The van der Waals surface area contributed by atoms with Crippen molar-refractivity contribution in [2.45, 2.75) is 0 Å². The highest BCUT2D eigenvalue weighted by molar-refractivity contribution is 8.14. The van der Waals surface area contributed by atoms with Crippen LogP contribution in [0.1, 0.15) is 10.4 Å². The van der Waals surface area contributed by atoms with Crippen LogP contribution in [0.25, 0.3) is 0 Å². The molecule has 2 N–H and O–H groups in total. The molecule has 1 heterocycles. The highest BCUT2D eigenvalue weighted by atomic mass is 32.2. The third-order valence-electron chi connectivity index (χ3n) is 3.03. The number of nitrogens with zero attached hydrogens (tertiary/aromatic N) is 1. The molecular formula is C16H15N3OS. The number of para-hydroxylation sites is 2. The Morgan fingerprint density at radius 2 is 1.81 bits per heavy atom. The maximum Gasteiger partial charge on any atom is 0.259 e. The highest BCUT2D eigenvalue weighted by Gasteiger charge is 2.15. The molecule has 2 aromatic rings. The number of nitrogens with one attached hydrogen (secondary N) is 2. The SMILES string of the molecule is O=C(NC1=NCCS1)c1ccccc1Nc1ccccc1. The van der Waals surface area contributed by atoms with Crippen LogP contribution in [0.5, 0.6) is 0 Å². The molecule has 3 rings (SSSR count). The van der Waals surface area contributed by atoms with E-state index in [0.29, 0.717) is 10.7 Å². The van der Waals surface area contributed by atoms with Crippen molar-refractivity contribution in [3.8, 4) is 0 Å². The monoisotopic (exact) mass is 297 g/mol. The second kappa shape index (κ2) is 6.45. The molecule has 0 aliphatic carbocycles. The summed E-state index contributed by atoms with van der Waals surface area (Å²) in [6.07, 6.45) is 0. The summed E-state index contributed by atoms with van der Waals surface area (Å²) in [5.74, 6) is 0.793. The lowest BCUT2D eigenvalue weighted by atomic mass is 10.1. The minimum Gasteiger partial charge on any atom is -0.355 e. The molecule has 2 aromatic carbocycles. The van der Waals surface area contributed by atoms with Crippen molar-refractivity contribution < 1.29 is 4.79 Å². The van der Waals surface area contributed by atoms with Crippen LogP contribution in [0.4, 0.5) is 11.4 Å². The van der Waals surface area contributed by atoms with E-state index in [1.165, 1.54) is 0 Å². The van der Waals surface area contributed by atoms with Gasteiger partial charge in [0, 0.05) is 11.4 Å². The number of thioether (sulfide) groups is 1. The van der Waals surface area contributed by atoms with Crippen LogP contribution in [0, 0.1) is 0 Å². The van der Waals surface area contributed by atoms with Crippen molar-refractivity contribution >= 4 is 34.2 Å². The van der Waals surface area contributed by atoms with Crippen LogP contribution in [-0.2, 0) is 0 Å². The van der Waals surface area contributed by atoms with E-state index >= 15 is 0 Å². The molecule has 0 spiro atoms. The number of rotatable bonds is 3. The Balaban J connectivity index is 1.80. The summed E-state index contributed by atoms with van der Waals surface area (Å²) in [6.45, 7) is 0.768. The lowest BCUT2D eigenvalue weighted by molar-refractivity contribution is 0.0979. The fourth-order valence-electron chi connectivity index (χ4n) is 2.04. The van der Waals surface area contributed by atoms with E-state index in [2.05, 4.69) is 15.6 Å². The van der Waals surface area contributed by atoms with Gasteiger partial charge in [-0.15, -0.1) is 0 Å². The predicted octanol–water partition coefficient (Wildman–Crippen LogP) is 3.26. The fourth-order valence-corrected chi connectivity index (χ4v) is 2.77. The summed E-state index contributed by atoms with van der Waals surface area (Å²) in [5.41, 5.74) is 2.34. The van der Waals surface area contributed by atoms with Crippen LogP contribution in [0.2, 0.25) is 0 Å². The molecule has 0 unspecified atom stereocenters. The van der Waals surface area contributed by atoms with Crippen LogP contribution in [0.3, 0.4) is 0 Å². The second-order valence-corrected chi connectivity index (χ2v) is 5.61. The van der Waals surface area contributed by atoms with E-state index in [-0.39, 0.29) is 5.91 Å². The second-order valence-electron chi connectivity index (χ2n) is 4.53. The molecule has 1 amide bonds. The molecule has 0 atom stereocenters. The van der Waals surface area contributed by atoms with Gasteiger partial charge in [0.1, 0.15) is 0 Å². The zero-order chi connectivity index (χ0) is 14.5. The van der Waals surface area contributed by atoms with Gasteiger partial charge in [0.25, 0.3) is 5.91 Å². The van der Waals surface area contributed by atoms with Gasteiger partial charge >= 0.3 is 0 Å². The minimum atomic E-state index is -0.137.